The summed E-state index contributed by atoms with van der Waals surface area (Å²) in [5.41, 5.74) is 6.90. The Morgan fingerprint density at radius 3 is 2.39 bits per heavy atom. The van der Waals surface area contributed by atoms with E-state index in [0.29, 0.717) is 12.8 Å². The minimum atomic E-state index is -0.516. The number of carbonyl (C=O) groups is 1. The van der Waals surface area contributed by atoms with E-state index in [9.17, 15) is 9.90 Å². The van der Waals surface area contributed by atoms with E-state index < -0.39 is 5.54 Å². The van der Waals surface area contributed by atoms with E-state index in [1.807, 2.05) is 38.1 Å². The summed E-state index contributed by atoms with van der Waals surface area (Å²) < 4.78 is 0. The van der Waals surface area contributed by atoms with Gasteiger partial charge in [-0.3, -0.25) is 4.79 Å². The van der Waals surface area contributed by atoms with E-state index >= 15 is 0 Å². The highest BCUT2D eigenvalue weighted by atomic mass is 16.3. The van der Waals surface area contributed by atoms with Crippen molar-refractivity contribution < 1.29 is 9.90 Å². The molecule has 1 aromatic carbocycles. The van der Waals surface area contributed by atoms with E-state index in [-0.39, 0.29) is 12.5 Å². The Morgan fingerprint density at radius 1 is 1.33 bits per heavy atom. The summed E-state index contributed by atoms with van der Waals surface area (Å²) in [7, 11) is 1.72. The largest absolute Gasteiger partial charge is 0.399 e. The van der Waals surface area contributed by atoms with E-state index in [4.69, 9.17) is 5.73 Å². The van der Waals surface area contributed by atoms with Gasteiger partial charge in [0.05, 0.1) is 12.1 Å². The van der Waals surface area contributed by atoms with E-state index in [0.717, 1.165) is 11.3 Å². The number of nitrogen functional groups attached to an aromatic ring is 1. The van der Waals surface area contributed by atoms with Crippen molar-refractivity contribution in [1.29, 1.82) is 0 Å². The second-order valence-electron chi connectivity index (χ2n) is 5.16. The van der Waals surface area contributed by atoms with Crippen molar-refractivity contribution in [2.75, 3.05) is 19.4 Å². The Bertz CT molecular complexity index is 399. The number of anilines is 1. The summed E-state index contributed by atoms with van der Waals surface area (Å²) in [4.78, 5) is 13.6. The van der Waals surface area contributed by atoms with Crippen LogP contribution in [0.15, 0.2) is 24.3 Å². The lowest BCUT2D eigenvalue weighted by atomic mass is 10.0. The number of hydrogen-bond donors (Lipinski definition) is 2. The molecule has 0 radical (unpaired) electrons. The van der Waals surface area contributed by atoms with Gasteiger partial charge in [0, 0.05) is 19.2 Å². The van der Waals surface area contributed by atoms with Crippen LogP contribution in [0.25, 0.3) is 0 Å². The number of rotatable bonds is 5. The Hall–Kier alpha value is -1.55. The number of nitrogens with two attached hydrogens (primary N) is 1. The zero-order valence-corrected chi connectivity index (χ0v) is 11.3. The van der Waals surface area contributed by atoms with Crippen LogP contribution < -0.4 is 5.73 Å². The van der Waals surface area contributed by atoms with Gasteiger partial charge in [-0.15, -0.1) is 0 Å². The van der Waals surface area contributed by atoms with Crippen LogP contribution in [-0.4, -0.2) is 35.1 Å². The maximum Gasteiger partial charge on any atom is 0.223 e. The lowest BCUT2D eigenvalue weighted by Gasteiger charge is -2.34. The van der Waals surface area contributed by atoms with Crippen molar-refractivity contribution >= 4 is 11.6 Å². The molecule has 0 spiro atoms. The fraction of sp³-hybridized carbons (Fsp3) is 0.500. The molecule has 4 nitrogen and oxygen atoms in total. The molecule has 3 N–H and O–H groups in total. The zero-order valence-electron chi connectivity index (χ0n) is 11.3. The first-order valence-corrected chi connectivity index (χ1v) is 6.09. The molecule has 0 saturated heterocycles. The molecule has 0 aliphatic rings. The molecule has 1 aromatic rings. The molecule has 0 bridgehead atoms. The van der Waals surface area contributed by atoms with Crippen LogP contribution in [0, 0.1) is 0 Å². The predicted molar refractivity (Wildman–Crippen MR) is 73.1 cm³/mol. The topological polar surface area (TPSA) is 66.6 Å². The number of amides is 1. The predicted octanol–water partition coefficient (Wildman–Crippen LogP) is 1.43. The van der Waals surface area contributed by atoms with Crippen molar-refractivity contribution in [2.24, 2.45) is 0 Å². The van der Waals surface area contributed by atoms with Gasteiger partial charge >= 0.3 is 0 Å². The number of likely N-dealkylation sites (N-methyl/N-ethyl adjacent to an activating group) is 1. The van der Waals surface area contributed by atoms with Gasteiger partial charge in [0.15, 0.2) is 0 Å². The molecule has 0 saturated carbocycles. The number of aryl methyl sites for hydroxylation is 1. The Balaban J connectivity index is 2.53. The molecule has 1 amide bonds. The third kappa shape index (κ3) is 3.74. The molecule has 0 aliphatic heterocycles. The zero-order chi connectivity index (χ0) is 13.8. The maximum absolute atomic E-state index is 12.0. The van der Waals surface area contributed by atoms with Crippen LogP contribution in [0.2, 0.25) is 0 Å². The molecule has 0 aromatic heterocycles. The first kappa shape index (κ1) is 14.5. The number of benzene rings is 1. The van der Waals surface area contributed by atoms with Gasteiger partial charge in [0.25, 0.3) is 0 Å². The van der Waals surface area contributed by atoms with E-state index in [1.165, 1.54) is 0 Å². The van der Waals surface area contributed by atoms with Gasteiger partial charge in [-0.2, -0.15) is 0 Å². The molecule has 1 rings (SSSR count). The fourth-order valence-corrected chi connectivity index (χ4v) is 1.55. The van der Waals surface area contributed by atoms with Crippen LogP contribution in [-0.2, 0) is 11.2 Å². The van der Waals surface area contributed by atoms with Crippen LogP contribution in [0.1, 0.15) is 25.8 Å². The highest BCUT2D eigenvalue weighted by molar-refractivity contribution is 5.77. The fourth-order valence-electron chi connectivity index (χ4n) is 1.55. The van der Waals surface area contributed by atoms with Gasteiger partial charge in [0.1, 0.15) is 0 Å². The van der Waals surface area contributed by atoms with Gasteiger partial charge in [-0.05, 0) is 38.0 Å². The molecule has 0 fully saturated rings. The van der Waals surface area contributed by atoms with E-state index in [2.05, 4.69) is 0 Å². The molecular formula is C14H22N2O2. The monoisotopic (exact) mass is 250 g/mol. The van der Waals surface area contributed by atoms with Crippen LogP contribution in [0.5, 0.6) is 0 Å². The quantitative estimate of drug-likeness (QED) is 0.777. The standard InChI is InChI=1S/C14H22N2O2/c1-14(2,10-17)16(3)13(18)9-6-11-4-7-12(15)8-5-11/h4-5,7-8,17H,6,9-10,15H2,1-3H3. The average molecular weight is 250 g/mol. The molecular weight excluding hydrogens is 228 g/mol. The summed E-state index contributed by atoms with van der Waals surface area (Å²) in [6.07, 6.45) is 1.12. The summed E-state index contributed by atoms with van der Waals surface area (Å²) in [5, 5.41) is 9.22. The Morgan fingerprint density at radius 2 is 1.89 bits per heavy atom. The minimum Gasteiger partial charge on any atom is -0.399 e. The van der Waals surface area contributed by atoms with Crippen LogP contribution in [0.4, 0.5) is 5.69 Å². The van der Waals surface area contributed by atoms with Crippen molar-refractivity contribution in [1.82, 2.24) is 4.90 Å². The Labute approximate surface area is 108 Å². The summed E-state index contributed by atoms with van der Waals surface area (Å²) in [6.45, 7) is 3.64. The summed E-state index contributed by atoms with van der Waals surface area (Å²) >= 11 is 0. The third-order valence-electron chi connectivity index (χ3n) is 3.28. The number of aliphatic hydroxyl groups excluding tert-OH is 1. The first-order valence-electron chi connectivity index (χ1n) is 6.09. The van der Waals surface area contributed by atoms with Gasteiger partial charge < -0.3 is 15.7 Å². The minimum absolute atomic E-state index is 0.0332. The van der Waals surface area contributed by atoms with Crippen molar-refractivity contribution in [3.63, 3.8) is 0 Å². The summed E-state index contributed by atoms with van der Waals surface area (Å²) in [5.74, 6) is 0.0332. The van der Waals surface area contributed by atoms with Crippen molar-refractivity contribution in [3.05, 3.63) is 29.8 Å². The molecule has 0 atom stereocenters. The smallest absolute Gasteiger partial charge is 0.223 e. The second kappa shape index (κ2) is 5.87. The highest BCUT2D eigenvalue weighted by Crippen LogP contribution is 2.14. The Kier molecular flexibility index (Phi) is 4.73. The van der Waals surface area contributed by atoms with E-state index in [1.54, 1.807) is 11.9 Å². The highest BCUT2D eigenvalue weighted by Gasteiger charge is 2.26. The number of carbonyl (C=O) groups excluding carboxylic acids is 1. The number of nitrogens with zero attached hydrogens (tertiary/aromatic N) is 1. The molecule has 4 heteroatoms. The van der Waals surface area contributed by atoms with Gasteiger partial charge in [-0.25, -0.2) is 0 Å². The maximum atomic E-state index is 12.0. The van der Waals surface area contributed by atoms with Crippen molar-refractivity contribution in [2.45, 2.75) is 32.2 Å². The molecule has 18 heavy (non-hydrogen) atoms. The van der Waals surface area contributed by atoms with Crippen molar-refractivity contribution in [3.8, 4) is 0 Å². The SMILES string of the molecule is CN(C(=O)CCc1ccc(N)cc1)C(C)(C)CO. The normalized spacial score (nSPS) is 11.3. The first-order chi connectivity index (χ1) is 8.36. The molecule has 100 valence electrons. The van der Waals surface area contributed by atoms with Crippen LogP contribution >= 0.6 is 0 Å². The number of aliphatic hydroxyl groups is 1. The third-order valence-corrected chi connectivity index (χ3v) is 3.28. The molecule has 0 aliphatic carbocycles. The lowest BCUT2D eigenvalue weighted by molar-refractivity contribution is -0.135. The lowest BCUT2D eigenvalue weighted by Crippen LogP contribution is -2.47. The van der Waals surface area contributed by atoms with Crippen LogP contribution in [0.3, 0.4) is 0 Å². The van der Waals surface area contributed by atoms with Gasteiger partial charge in [-0.1, -0.05) is 12.1 Å². The average Bonchev–Trinajstić information content (AvgIpc) is 2.36. The molecule has 0 unspecified atom stereocenters. The molecule has 0 heterocycles. The number of hydrogen-bond acceptors (Lipinski definition) is 3. The summed E-state index contributed by atoms with van der Waals surface area (Å²) in [6, 6.07) is 7.53. The van der Waals surface area contributed by atoms with Gasteiger partial charge in [0.2, 0.25) is 5.91 Å². The second-order valence-corrected chi connectivity index (χ2v) is 5.16.